The van der Waals surface area contributed by atoms with Crippen LogP contribution in [-0.4, -0.2) is 54.0 Å². The minimum Gasteiger partial charge on any atom is -0.466 e. The second kappa shape index (κ2) is 6.30. The summed E-state index contributed by atoms with van der Waals surface area (Å²) in [6, 6.07) is 0. The predicted molar refractivity (Wildman–Crippen MR) is 58.2 cm³/mol. The van der Waals surface area contributed by atoms with E-state index < -0.39 is 17.9 Å². The van der Waals surface area contributed by atoms with Gasteiger partial charge in [-0.05, 0) is 13.8 Å². The van der Waals surface area contributed by atoms with Gasteiger partial charge in [-0.3, -0.25) is 4.79 Å². The predicted octanol–water partition coefficient (Wildman–Crippen LogP) is -0.186. The summed E-state index contributed by atoms with van der Waals surface area (Å²) in [5, 5.41) is 19.0. The quantitative estimate of drug-likeness (QED) is 0.501. The number of carbonyl (C=O) groups is 1. The Morgan fingerprint density at radius 1 is 1.59 bits per heavy atom. The van der Waals surface area contributed by atoms with Gasteiger partial charge in [-0.15, -0.1) is 0 Å². The van der Waals surface area contributed by atoms with Crippen molar-refractivity contribution in [2.45, 2.75) is 44.7 Å². The van der Waals surface area contributed by atoms with Crippen LogP contribution >= 0.6 is 0 Å². The number of esters is 1. The third-order valence-corrected chi connectivity index (χ3v) is 2.42. The van der Waals surface area contributed by atoms with E-state index in [1.54, 1.807) is 6.92 Å². The minimum absolute atomic E-state index is 0.142. The molecule has 1 rings (SSSR count). The maximum absolute atomic E-state index is 11.2. The lowest BCUT2D eigenvalue weighted by Gasteiger charge is -2.24. The van der Waals surface area contributed by atoms with Gasteiger partial charge in [0.05, 0.1) is 38.4 Å². The zero-order valence-corrected chi connectivity index (χ0v) is 10.2. The molecule has 6 nitrogen and oxygen atoms in total. The molecule has 1 aliphatic heterocycles. The van der Waals surface area contributed by atoms with Crippen LogP contribution in [-0.2, 0) is 19.0 Å². The summed E-state index contributed by atoms with van der Waals surface area (Å²) < 4.78 is 15.1. The normalized spacial score (nSPS) is 27.8. The Morgan fingerprint density at radius 3 is 2.82 bits per heavy atom. The van der Waals surface area contributed by atoms with Crippen LogP contribution < -0.4 is 0 Å². The third kappa shape index (κ3) is 5.45. The average Bonchev–Trinajstić information content (AvgIpc) is 2.61. The lowest BCUT2D eigenvalue weighted by Crippen LogP contribution is -2.35. The van der Waals surface area contributed by atoms with E-state index in [0.717, 1.165) is 0 Å². The fourth-order valence-corrected chi connectivity index (χ4v) is 1.61. The number of aliphatic hydroxyl groups is 2. The highest BCUT2D eigenvalue weighted by atomic mass is 16.6. The monoisotopic (exact) mass is 248 g/mol. The van der Waals surface area contributed by atoms with E-state index in [4.69, 9.17) is 14.2 Å². The van der Waals surface area contributed by atoms with E-state index in [-0.39, 0.29) is 32.3 Å². The molecule has 0 aromatic rings. The van der Waals surface area contributed by atoms with E-state index in [2.05, 4.69) is 0 Å². The molecule has 6 heteroatoms. The molecule has 0 amide bonds. The van der Waals surface area contributed by atoms with E-state index >= 15 is 0 Å². The van der Waals surface area contributed by atoms with Crippen molar-refractivity contribution in [1.29, 1.82) is 0 Å². The Hall–Kier alpha value is -0.690. The molecule has 2 N–H and O–H groups in total. The number of aliphatic hydroxyl groups excluding tert-OH is 1. The molecule has 0 aromatic carbocycles. The van der Waals surface area contributed by atoms with Crippen molar-refractivity contribution >= 4 is 5.97 Å². The van der Waals surface area contributed by atoms with E-state index in [1.165, 1.54) is 6.92 Å². The maximum Gasteiger partial charge on any atom is 0.311 e. The van der Waals surface area contributed by atoms with Gasteiger partial charge in [0, 0.05) is 6.42 Å². The van der Waals surface area contributed by atoms with Gasteiger partial charge < -0.3 is 24.4 Å². The Kier molecular flexibility index (Phi) is 5.32. The van der Waals surface area contributed by atoms with E-state index in [9.17, 15) is 15.0 Å². The molecule has 0 aromatic heterocycles. The van der Waals surface area contributed by atoms with Gasteiger partial charge in [0.15, 0.2) is 5.79 Å². The number of carbonyl (C=O) groups excluding carboxylic acids is 1. The molecule has 100 valence electrons. The smallest absolute Gasteiger partial charge is 0.311 e. The Balaban J connectivity index is 2.26. The molecule has 1 heterocycles. The highest BCUT2D eigenvalue weighted by Gasteiger charge is 2.30. The number of ether oxygens (including phenoxy) is 3. The summed E-state index contributed by atoms with van der Waals surface area (Å²) in [7, 11) is 0. The van der Waals surface area contributed by atoms with Gasteiger partial charge in [0.1, 0.15) is 0 Å². The van der Waals surface area contributed by atoms with Crippen LogP contribution in [0, 0.1) is 0 Å². The van der Waals surface area contributed by atoms with Crippen LogP contribution in [0.4, 0.5) is 0 Å². The van der Waals surface area contributed by atoms with Crippen LogP contribution in [0.1, 0.15) is 26.7 Å². The van der Waals surface area contributed by atoms with Gasteiger partial charge in [-0.2, -0.15) is 0 Å². The summed E-state index contributed by atoms with van der Waals surface area (Å²) in [4.78, 5) is 11.2. The first-order chi connectivity index (χ1) is 7.93. The molecule has 1 aliphatic rings. The molecule has 0 saturated carbocycles. The largest absolute Gasteiger partial charge is 0.466 e. The van der Waals surface area contributed by atoms with Gasteiger partial charge in [-0.1, -0.05) is 0 Å². The topological polar surface area (TPSA) is 85.2 Å². The first-order valence-electron chi connectivity index (χ1n) is 5.74. The second-order valence-electron chi connectivity index (χ2n) is 4.31. The zero-order valence-electron chi connectivity index (χ0n) is 10.2. The Labute approximate surface area is 100 Å². The van der Waals surface area contributed by atoms with Crippen LogP contribution in [0.5, 0.6) is 0 Å². The van der Waals surface area contributed by atoms with Crippen LogP contribution in [0.25, 0.3) is 0 Å². The fourth-order valence-electron chi connectivity index (χ4n) is 1.61. The molecule has 0 spiro atoms. The highest BCUT2D eigenvalue weighted by Crippen LogP contribution is 2.18. The maximum atomic E-state index is 11.2. The second-order valence-corrected chi connectivity index (χ2v) is 4.31. The fraction of sp³-hybridized carbons (Fsp3) is 0.909. The highest BCUT2D eigenvalue weighted by molar-refractivity contribution is 5.70. The van der Waals surface area contributed by atoms with Crippen molar-refractivity contribution < 1.29 is 29.2 Å². The standard InChI is InChI=1S/C11H20O6/c1-3-15-10(13)5-11(2,14)17-7-9-4-8(12)6-16-9/h8-9,12,14H,3-7H2,1-2H3. The molecule has 0 aliphatic carbocycles. The minimum atomic E-state index is -1.57. The molecular formula is C11H20O6. The average molecular weight is 248 g/mol. The van der Waals surface area contributed by atoms with Crippen molar-refractivity contribution in [3.05, 3.63) is 0 Å². The molecule has 17 heavy (non-hydrogen) atoms. The Bertz CT molecular complexity index is 252. The first kappa shape index (κ1) is 14.4. The van der Waals surface area contributed by atoms with Crippen LogP contribution in [0.15, 0.2) is 0 Å². The molecule has 0 bridgehead atoms. The summed E-state index contributed by atoms with van der Waals surface area (Å²) in [5.41, 5.74) is 0. The lowest BCUT2D eigenvalue weighted by molar-refractivity contribution is -0.213. The molecule has 1 fully saturated rings. The molecule has 3 atom stereocenters. The van der Waals surface area contributed by atoms with Crippen LogP contribution in [0.3, 0.4) is 0 Å². The Morgan fingerprint density at radius 2 is 2.29 bits per heavy atom. The first-order valence-corrected chi connectivity index (χ1v) is 5.74. The van der Waals surface area contributed by atoms with Crippen molar-refractivity contribution in [3.8, 4) is 0 Å². The summed E-state index contributed by atoms with van der Waals surface area (Å²) >= 11 is 0. The molecule has 3 unspecified atom stereocenters. The van der Waals surface area contributed by atoms with Gasteiger partial charge in [0.25, 0.3) is 0 Å². The van der Waals surface area contributed by atoms with Crippen molar-refractivity contribution in [3.63, 3.8) is 0 Å². The molecular weight excluding hydrogens is 228 g/mol. The third-order valence-electron chi connectivity index (χ3n) is 2.42. The zero-order chi connectivity index (χ0) is 12.9. The van der Waals surface area contributed by atoms with E-state index in [1.807, 2.05) is 0 Å². The van der Waals surface area contributed by atoms with Crippen molar-refractivity contribution in [2.24, 2.45) is 0 Å². The van der Waals surface area contributed by atoms with Crippen molar-refractivity contribution in [2.75, 3.05) is 19.8 Å². The summed E-state index contributed by atoms with van der Waals surface area (Å²) in [6.45, 7) is 3.79. The number of hydrogen-bond acceptors (Lipinski definition) is 6. The SMILES string of the molecule is CCOC(=O)CC(C)(O)OCC1CC(O)CO1. The molecule has 0 radical (unpaired) electrons. The van der Waals surface area contributed by atoms with Crippen molar-refractivity contribution in [1.82, 2.24) is 0 Å². The van der Waals surface area contributed by atoms with E-state index in [0.29, 0.717) is 6.42 Å². The lowest BCUT2D eigenvalue weighted by atomic mass is 10.2. The summed E-state index contributed by atoms with van der Waals surface area (Å²) in [5.74, 6) is -2.08. The van der Waals surface area contributed by atoms with Gasteiger partial charge in [0.2, 0.25) is 0 Å². The van der Waals surface area contributed by atoms with Gasteiger partial charge in [-0.25, -0.2) is 0 Å². The molecule has 1 saturated heterocycles. The van der Waals surface area contributed by atoms with Crippen LogP contribution in [0.2, 0.25) is 0 Å². The summed E-state index contributed by atoms with van der Waals surface area (Å²) in [6.07, 6.45) is -0.455. The number of rotatable bonds is 6. The number of hydrogen-bond donors (Lipinski definition) is 2. The van der Waals surface area contributed by atoms with Gasteiger partial charge >= 0.3 is 5.97 Å².